The summed E-state index contributed by atoms with van der Waals surface area (Å²) in [6.45, 7) is 5.37. The molecule has 0 bridgehead atoms. The second kappa shape index (κ2) is 5.27. The minimum absolute atomic E-state index is 0.00574. The van der Waals surface area contributed by atoms with Crippen LogP contribution in [-0.4, -0.2) is 36.1 Å². The van der Waals surface area contributed by atoms with E-state index >= 15 is 0 Å². The Kier molecular flexibility index (Phi) is 4.26. The largest absolute Gasteiger partial charge is 0.476 e. The second-order valence-corrected chi connectivity index (χ2v) is 4.70. The summed E-state index contributed by atoms with van der Waals surface area (Å²) in [4.78, 5) is 6.32. The lowest BCUT2D eigenvalue weighted by Crippen LogP contribution is -2.43. The zero-order valence-electron chi connectivity index (χ0n) is 10.5. The van der Waals surface area contributed by atoms with E-state index in [1.54, 1.807) is 6.20 Å². The van der Waals surface area contributed by atoms with Gasteiger partial charge >= 0.3 is 0 Å². The predicted molar refractivity (Wildman–Crippen MR) is 65.4 cm³/mol. The summed E-state index contributed by atoms with van der Waals surface area (Å²) < 4.78 is 5.64. The third-order valence-corrected chi connectivity index (χ3v) is 2.82. The minimum Gasteiger partial charge on any atom is -0.476 e. The van der Waals surface area contributed by atoms with Gasteiger partial charge in [-0.25, -0.2) is 4.98 Å². The Balaban J connectivity index is 2.54. The number of nitrogens with two attached hydrogens (primary N) is 1. The number of aromatic nitrogens is 1. The van der Waals surface area contributed by atoms with E-state index in [9.17, 15) is 0 Å². The van der Waals surface area contributed by atoms with Crippen molar-refractivity contribution >= 4 is 0 Å². The highest BCUT2D eigenvalue weighted by molar-refractivity contribution is 5.17. The number of nitrogens with zero attached hydrogens (tertiary/aromatic N) is 2. The summed E-state index contributed by atoms with van der Waals surface area (Å²) in [5.41, 5.74) is 6.50. The average Bonchev–Trinajstić information content (AvgIpc) is 2.27. The van der Waals surface area contributed by atoms with Gasteiger partial charge in [0.15, 0.2) is 0 Å². The lowest BCUT2D eigenvalue weighted by Gasteiger charge is -2.31. The van der Waals surface area contributed by atoms with Crippen molar-refractivity contribution in [2.24, 2.45) is 5.73 Å². The zero-order valence-corrected chi connectivity index (χ0v) is 10.5. The van der Waals surface area contributed by atoms with Gasteiger partial charge < -0.3 is 15.4 Å². The van der Waals surface area contributed by atoms with Crippen molar-refractivity contribution in [3.05, 3.63) is 23.9 Å². The molecule has 4 nitrogen and oxygen atoms in total. The highest BCUT2D eigenvalue weighted by atomic mass is 16.5. The SMILES string of the molecule is CN(C)C(C)(C)COc1ccc(CN)cn1. The molecule has 16 heavy (non-hydrogen) atoms. The first kappa shape index (κ1) is 12.9. The van der Waals surface area contributed by atoms with Crippen molar-refractivity contribution in [2.45, 2.75) is 25.9 Å². The molecule has 0 saturated heterocycles. The van der Waals surface area contributed by atoms with E-state index in [-0.39, 0.29) is 5.54 Å². The van der Waals surface area contributed by atoms with Crippen molar-refractivity contribution < 1.29 is 4.74 Å². The van der Waals surface area contributed by atoms with Gasteiger partial charge in [0.05, 0.1) is 0 Å². The van der Waals surface area contributed by atoms with Crippen molar-refractivity contribution in [1.29, 1.82) is 0 Å². The van der Waals surface area contributed by atoms with Gasteiger partial charge in [-0.3, -0.25) is 0 Å². The number of ether oxygens (including phenoxy) is 1. The molecule has 0 fully saturated rings. The number of hydrogen-bond acceptors (Lipinski definition) is 4. The first-order chi connectivity index (χ1) is 7.45. The van der Waals surface area contributed by atoms with E-state index < -0.39 is 0 Å². The Morgan fingerprint density at radius 3 is 2.50 bits per heavy atom. The van der Waals surface area contributed by atoms with Gasteiger partial charge in [-0.15, -0.1) is 0 Å². The second-order valence-electron chi connectivity index (χ2n) is 4.70. The van der Waals surface area contributed by atoms with Crippen LogP contribution in [0.25, 0.3) is 0 Å². The van der Waals surface area contributed by atoms with Crippen molar-refractivity contribution in [1.82, 2.24) is 9.88 Å². The summed E-state index contributed by atoms with van der Waals surface area (Å²) in [5.74, 6) is 0.645. The molecular weight excluding hydrogens is 202 g/mol. The smallest absolute Gasteiger partial charge is 0.213 e. The predicted octanol–water partition coefficient (Wildman–Crippen LogP) is 1.26. The Bertz CT molecular complexity index is 320. The number of rotatable bonds is 5. The molecule has 0 unspecified atom stereocenters. The van der Waals surface area contributed by atoms with Crippen LogP contribution in [0, 0.1) is 0 Å². The van der Waals surface area contributed by atoms with Crippen LogP contribution >= 0.6 is 0 Å². The lowest BCUT2D eigenvalue weighted by atomic mass is 10.1. The highest BCUT2D eigenvalue weighted by Gasteiger charge is 2.21. The topological polar surface area (TPSA) is 51.4 Å². The van der Waals surface area contributed by atoms with Crippen LogP contribution in [0.2, 0.25) is 0 Å². The molecule has 1 rings (SSSR count). The molecule has 0 atom stereocenters. The Hall–Kier alpha value is -1.13. The molecule has 1 aromatic heterocycles. The first-order valence-corrected chi connectivity index (χ1v) is 5.41. The van der Waals surface area contributed by atoms with E-state index in [1.165, 1.54) is 0 Å². The number of hydrogen-bond donors (Lipinski definition) is 1. The molecule has 0 radical (unpaired) electrons. The molecule has 2 N–H and O–H groups in total. The Morgan fingerprint density at radius 2 is 2.06 bits per heavy atom. The maximum Gasteiger partial charge on any atom is 0.213 e. The van der Waals surface area contributed by atoms with Gasteiger partial charge in [0.2, 0.25) is 5.88 Å². The maximum absolute atomic E-state index is 5.64. The first-order valence-electron chi connectivity index (χ1n) is 5.41. The molecule has 0 aromatic carbocycles. The molecule has 1 aromatic rings. The van der Waals surface area contributed by atoms with E-state index in [4.69, 9.17) is 10.5 Å². The van der Waals surface area contributed by atoms with Crippen molar-refractivity contribution in [3.8, 4) is 5.88 Å². The third kappa shape index (κ3) is 3.47. The summed E-state index contributed by atoms with van der Waals surface area (Å²) >= 11 is 0. The molecule has 90 valence electrons. The monoisotopic (exact) mass is 223 g/mol. The van der Waals surface area contributed by atoms with Crippen LogP contribution in [0.4, 0.5) is 0 Å². The molecule has 1 heterocycles. The molecule has 0 aliphatic carbocycles. The number of likely N-dealkylation sites (N-methyl/N-ethyl adjacent to an activating group) is 1. The van der Waals surface area contributed by atoms with Gasteiger partial charge in [0.1, 0.15) is 6.61 Å². The minimum atomic E-state index is -0.00574. The van der Waals surface area contributed by atoms with E-state index in [0.717, 1.165) is 5.56 Å². The fourth-order valence-electron chi connectivity index (χ4n) is 0.997. The van der Waals surface area contributed by atoms with E-state index in [2.05, 4.69) is 23.7 Å². The molecule has 0 aliphatic rings. The van der Waals surface area contributed by atoms with E-state index in [0.29, 0.717) is 19.0 Å². The van der Waals surface area contributed by atoms with Gasteiger partial charge in [-0.2, -0.15) is 0 Å². The summed E-state index contributed by atoms with van der Waals surface area (Å²) in [6, 6.07) is 3.79. The summed E-state index contributed by atoms with van der Waals surface area (Å²) in [7, 11) is 4.07. The van der Waals surface area contributed by atoms with Crippen molar-refractivity contribution in [3.63, 3.8) is 0 Å². The lowest BCUT2D eigenvalue weighted by molar-refractivity contribution is 0.111. The van der Waals surface area contributed by atoms with Crippen LogP contribution in [0.1, 0.15) is 19.4 Å². The van der Waals surface area contributed by atoms with Crippen LogP contribution in [0.15, 0.2) is 18.3 Å². The Morgan fingerprint density at radius 1 is 1.38 bits per heavy atom. The van der Waals surface area contributed by atoms with Gasteiger partial charge in [0.25, 0.3) is 0 Å². The summed E-state index contributed by atoms with van der Waals surface area (Å²) in [5, 5.41) is 0. The molecule has 4 heteroatoms. The van der Waals surface area contributed by atoms with Gasteiger partial charge in [-0.05, 0) is 33.5 Å². The van der Waals surface area contributed by atoms with Crippen LogP contribution in [-0.2, 0) is 6.54 Å². The highest BCUT2D eigenvalue weighted by Crippen LogP contribution is 2.13. The zero-order chi connectivity index (χ0) is 12.2. The van der Waals surface area contributed by atoms with Gasteiger partial charge in [-0.1, -0.05) is 6.07 Å². The molecular formula is C12H21N3O. The van der Waals surface area contributed by atoms with Crippen LogP contribution in [0.5, 0.6) is 5.88 Å². The van der Waals surface area contributed by atoms with E-state index in [1.807, 2.05) is 26.2 Å². The maximum atomic E-state index is 5.64. The quantitative estimate of drug-likeness (QED) is 0.816. The van der Waals surface area contributed by atoms with Crippen LogP contribution in [0.3, 0.4) is 0 Å². The fraction of sp³-hybridized carbons (Fsp3) is 0.583. The molecule has 0 spiro atoms. The van der Waals surface area contributed by atoms with Crippen molar-refractivity contribution in [2.75, 3.05) is 20.7 Å². The third-order valence-electron chi connectivity index (χ3n) is 2.82. The number of pyridine rings is 1. The standard InChI is InChI=1S/C12H21N3O/c1-12(2,15(3)4)9-16-11-6-5-10(7-13)8-14-11/h5-6,8H,7,9,13H2,1-4H3. The molecule has 0 amide bonds. The molecule has 0 aliphatic heterocycles. The van der Waals surface area contributed by atoms with Crippen LogP contribution < -0.4 is 10.5 Å². The van der Waals surface area contributed by atoms with Gasteiger partial charge in [0, 0.05) is 24.3 Å². The normalized spacial score (nSPS) is 11.9. The Labute approximate surface area is 97.4 Å². The molecule has 0 saturated carbocycles. The average molecular weight is 223 g/mol. The summed E-state index contributed by atoms with van der Waals surface area (Å²) in [6.07, 6.45) is 1.75. The fourth-order valence-corrected chi connectivity index (χ4v) is 0.997.